The maximum Gasteiger partial charge on any atom is 0.321 e. The van der Waals surface area contributed by atoms with Gasteiger partial charge in [-0.05, 0) is 6.92 Å². The van der Waals surface area contributed by atoms with E-state index in [-0.39, 0.29) is 0 Å². The molecule has 0 amide bonds. The zero-order chi connectivity index (χ0) is 8.15. The van der Waals surface area contributed by atoms with Crippen molar-refractivity contribution in [2.45, 2.75) is 16.2 Å². The molecule has 0 fully saturated rings. The first-order valence-corrected chi connectivity index (χ1v) is 5.07. The Morgan fingerprint density at radius 1 is 1.90 bits per heavy atom. The molecule has 0 saturated heterocycles. The average molecular weight is 275 g/mol. The first-order valence-electron chi connectivity index (χ1n) is 2.78. The third-order valence-corrected chi connectivity index (χ3v) is 2.91. The van der Waals surface area contributed by atoms with Crippen molar-refractivity contribution < 1.29 is 9.90 Å². The predicted octanol–water partition coefficient (Wildman–Crippen LogP) is 0.913. The second kappa shape index (κ2) is 5.20. The first kappa shape index (κ1) is 10.5. The summed E-state index contributed by atoms with van der Waals surface area (Å²) < 4.78 is 0.419. The van der Waals surface area contributed by atoms with E-state index in [0.29, 0.717) is 9.01 Å². The van der Waals surface area contributed by atoms with Crippen molar-refractivity contribution in [3.63, 3.8) is 0 Å². The molecule has 0 aromatic rings. The highest BCUT2D eigenvalue weighted by atomic mass is 127. The van der Waals surface area contributed by atoms with Crippen LogP contribution in [0.1, 0.15) is 6.92 Å². The van der Waals surface area contributed by atoms with Crippen LogP contribution in [0, 0.1) is 0 Å². The molecule has 0 heterocycles. The summed E-state index contributed by atoms with van der Waals surface area (Å²) in [5.41, 5.74) is 5.24. The van der Waals surface area contributed by atoms with Gasteiger partial charge in [0.1, 0.15) is 6.04 Å². The Balaban J connectivity index is 3.40. The highest BCUT2D eigenvalue weighted by Gasteiger charge is 2.11. The van der Waals surface area contributed by atoms with Gasteiger partial charge in [-0.25, -0.2) is 0 Å². The number of thioether (sulfide) groups is 1. The van der Waals surface area contributed by atoms with E-state index in [1.165, 1.54) is 0 Å². The van der Waals surface area contributed by atoms with Crippen LogP contribution in [0.3, 0.4) is 0 Å². The highest BCUT2D eigenvalue weighted by molar-refractivity contribution is 14.1. The summed E-state index contributed by atoms with van der Waals surface area (Å²) in [7, 11) is 0. The normalized spacial score (nSPS) is 16.3. The van der Waals surface area contributed by atoms with Crippen LogP contribution in [0.15, 0.2) is 0 Å². The topological polar surface area (TPSA) is 63.3 Å². The molecule has 0 radical (unpaired) electrons. The van der Waals surface area contributed by atoms with Crippen LogP contribution in [0.5, 0.6) is 0 Å². The molecule has 0 rings (SSSR count). The molecule has 2 atom stereocenters. The number of aliphatic carboxylic acids is 1. The number of carboxylic acids is 1. The molecule has 10 heavy (non-hydrogen) atoms. The quantitative estimate of drug-likeness (QED) is 0.591. The molecule has 60 valence electrons. The van der Waals surface area contributed by atoms with Crippen molar-refractivity contribution in [3.8, 4) is 0 Å². The summed E-state index contributed by atoms with van der Waals surface area (Å²) in [4.78, 5) is 10.2. The molecule has 0 aliphatic carbocycles. The lowest BCUT2D eigenvalue weighted by Crippen LogP contribution is -2.32. The number of carboxylic acid groups (broad SMARTS) is 1. The van der Waals surface area contributed by atoms with Gasteiger partial charge < -0.3 is 10.8 Å². The standard InChI is InChI=1S/C5H10INO2S/c1-3(6)10-2-4(7)5(8)9/h3-4H,2,7H2,1H3,(H,8,9). The van der Waals surface area contributed by atoms with Crippen LogP contribution in [0.2, 0.25) is 0 Å². The highest BCUT2D eigenvalue weighted by Crippen LogP contribution is 2.16. The van der Waals surface area contributed by atoms with Gasteiger partial charge in [-0.1, -0.05) is 22.6 Å². The zero-order valence-electron chi connectivity index (χ0n) is 5.58. The minimum Gasteiger partial charge on any atom is -0.480 e. The average Bonchev–Trinajstić information content (AvgIpc) is 1.82. The Kier molecular flexibility index (Phi) is 5.46. The minimum absolute atomic E-state index is 0.419. The van der Waals surface area contributed by atoms with Crippen LogP contribution < -0.4 is 5.73 Å². The number of rotatable bonds is 4. The fraction of sp³-hybridized carbons (Fsp3) is 0.800. The maximum absolute atomic E-state index is 10.2. The number of nitrogens with two attached hydrogens (primary N) is 1. The number of alkyl halides is 1. The van der Waals surface area contributed by atoms with Crippen LogP contribution in [-0.4, -0.2) is 26.1 Å². The third-order valence-electron chi connectivity index (χ3n) is 0.823. The lowest BCUT2D eigenvalue weighted by Gasteiger charge is -2.06. The van der Waals surface area contributed by atoms with Gasteiger partial charge in [-0.2, -0.15) is 0 Å². The van der Waals surface area contributed by atoms with Gasteiger partial charge in [0.15, 0.2) is 0 Å². The summed E-state index contributed by atoms with van der Waals surface area (Å²) >= 11 is 3.76. The summed E-state index contributed by atoms with van der Waals surface area (Å²) in [5.74, 6) is -0.441. The number of hydrogen-bond donors (Lipinski definition) is 2. The molecular weight excluding hydrogens is 265 g/mol. The van der Waals surface area contributed by atoms with Gasteiger partial charge in [-0.3, -0.25) is 4.79 Å². The monoisotopic (exact) mass is 275 g/mol. The molecule has 2 unspecified atom stereocenters. The molecule has 3 N–H and O–H groups in total. The van der Waals surface area contributed by atoms with E-state index in [1.807, 2.05) is 6.92 Å². The number of halogens is 1. The molecule has 0 aliphatic heterocycles. The van der Waals surface area contributed by atoms with E-state index in [0.717, 1.165) is 0 Å². The van der Waals surface area contributed by atoms with Crippen LogP contribution >= 0.6 is 34.4 Å². The third kappa shape index (κ3) is 5.31. The number of hydrogen-bond acceptors (Lipinski definition) is 3. The lowest BCUT2D eigenvalue weighted by molar-refractivity contribution is -0.137. The van der Waals surface area contributed by atoms with Crippen LogP contribution in [-0.2, 0) is 4.79 Å². The first-order chi connectivity index (χ1) is 4.54. The van der Waals surface area contributed by atoms with E-state index in [4.69, 9.17) is 10.8 Å². The summed E-state index contributed by atoms with van der Waals surface area (Å²) in [5, 5.41) is 8.35. The summed E-state index contributed by atoms with van der Waals surface area (Å²) in [6.07, 6.45) is 0. The van der Waals surface area contributed by atoms with E-state index in [1.54, 1.807) is 11.8 Å². The molecule has 0 bridgehead atoms. The number of carbonyl (C=O) groups is 1. The Hall–Kier alpha value is 0.510. The Morgan fingerprint density at radius 2 is 2.40 bits per heavy atom. The zero-order valence-corrected chi connectivity index (χ0v) is 8.55. The van der Waals surface area contributed by atoms with Crippen molar-refractivity contribution >= 4 is 40.3 Å². The van der Waals surface area contributed by atoms with E-state index >= 15 is 0 Å². The van der Waals surface area contributed by atoms with Crippen LogP contribution in [0.4, 0.5) is 0 Å². The molecule has 5 heteroatoms. The van der Waals surface area contributed by atoms with Crippen molar-refractivity contribution in [1.82, 2.24) is 0 Å². The SMILES string of the molecule is CC(I)SCC(N)C(=O)O. The molecular formula is C5H10INO2S. The minimum atomic E-state index is -0.926. The molecule has 0 aromatic carbocycles. The lowest BCUT2D eigenvalue weighted by atomic mass is 10.4. The van der Waals surface area contributed by atoms with E-state index < -0.39 is 12.0 Å². The van der Waals surface area contributed by atoms with E-state index in [2.05, 4.69) is 22.6 Å². The van der Waals surface area contributed by atoms with Crippen molar-refractivity contribution in [2.75, 3.05) is 5.75 Å². The smallest absolute Gasteiger partial charge is 0.321 e. The Labute approximate surface area is 77.9 Å². The van der Waals surface area contributed by atoms with Gasteiger partial charge in [0.05, 0.1) is 3.26 Å². The second-order valence-electron chi connectivity index (χ2n) is 1.82. The van der Waals surface area contributed by atoms with Crippen molar-refractivity contribution in [2.24, 2.45) is 5.73 Å². The largest absolute Gasteiger partial charge is 0.480 e. The molecule has 3 nitrogen and oxygen atoms in total. The molecule has 0 saturated carbocycles. The maximum atomic E-state index is 10.2. The molecule has 0 aliphatic rings. The van der Waals surface area contributed by atoms with Crippen LogP contribution in [0.25, 0.3) is 0 Å². The fourth-order valence-corrected chi connectivity index (χ4v) is 1.55. The van der Waals surface area contributed by atoms with Crippen molar-refractivity contribution in [1.29, 1.82) is 0 Å². The molecule has 0 aromatic heterocycles. The van der Waals surface area contributed by atoms with Gasteiger partial charge in [0, 0.05) is 5.75 Å². The summed E-state index contributed by atoms with van der Waals surface area (Å²) in [6.45, 7) is 2.00. The van der Waals surface area contributed by atoms with Crippen molar-refractivity contribution in [3.05, 3.63) is 0 Å². The predicted molar refractivity (Wildman–Crippen MR) is 51.6 cm³/mol. The van der Waals surface area contributed by atoms with Gasteiger partial charge in [0.2, 0.25) is 0 Å². The Morgan fingerprint density at radius 3 is 2.70 bits per heavy atom. The fourth-order valence-electron chi connectivity index (χ4n) is 0.308. The van der Waals surface area contributed by atoms with Gasteiger partial charge >= 0.3 is 5.97 Å². The van der Waals surface area contributed by atoms with E-state index in [9.17, 15) is 4.79 Å². The van der Waals surface area contributed by atoms with Gasteiger partial charge in [0.25, 0.3) is 0 Å². The summed E-state index contributed by atoms with van der Waals surface area (Å²) in [6, 6.07) is -0.720. The second-order valence-corrected chi connectivity index (χ2v) is 5.91. The molecule has 0 spiro atoms. The van der Waals surface area contributed by atoms with Gasteiger partial charge in [-0.15, -0.1) is 11.8 Å². The Bertz CT molecular complexity index is 120.